The number of likely N-dealkylation sites (tertiary alicyclic amines) is 1. The summed E-state index contributed by atoms with van der Waals surface area (Å²) in [5.74, 6) is -0.301. The molecule has 0 spiro atoms. The van der Waals surface area contributed by atoms with Crippen molar-refractivity contribution in [3.63, 3.8) is 0 Å². The van der Waals surface area contributed by atoms with Crippen LogP contribution in [-0.4, -0.2) is 44.7 Å². The number of aromatic nitrogens is 2. The van der Waals surface area contributed by atoms with Crippen molar-refractivity contribution < 1.29 is 23.1 Å². The molecule has 0 radical (unpaired) electrons. The van der Waals surface area contributed by atoms with Crippen LogP contribution in [0.4, 0.5) is 13.2 Å². The minimum Gasteiger partial charge on any atom is -0.374 e. The van der Waals surface area contributed by atoms with Gasteiger partial charge in [0.15, 0.2) is 5.82 Å². The molecular weight excluding hydrogens is 421 g/mol. The lowest BCUT2D eigenvalue weighted by molar-refractivity contribution is -0.271. The van der Waals surface area contributed by atoms with Gasteiger partial charge in [0, 0.05) is 45.6 Å². The first-order valence-corrected chi connectivity index (χ1v) is 10.8. The van der Waals surface area contributed by atoms with Crippen LogP contribution >= 0.6 is 0 Å². The van der Waals surface area contributed by atoms with E-state index < -0.39 is 29.9 Å². The number of nitrogens with one attached hydrogen (secondary N) is 1. The fourth-order valence-electron chi connectivity index (χ4n) is 4.61. The van der Waals surface area contributed by atoms with Crippen molar-refractivity contribution in [2.45, 2.75) is 51.6 Å². The van der Waals surface area contributed by atoms with Gasteiger partial charge in [-0.05, 0) is 29.4 Å². The molecule has 1 amide bonds. The highest BCUT2D eigenvalue weighted by Crippen LogP contribution is 2.40. The summed E-state index contributed by atoms with van der Waals surface area (Å²) < 4.78 is 42.1. The Morgan fingerprint density at radius 2 is 1.81 bits per heavy atom. The van der Waals surface area contributed by atoms with Crippen molar-refractivity contribution in [2.24, 2.45) is 18.9 Å². The molecule has 0 saturated carbocycles. The molecule has 9 heteroatoms. The minimum atomic E-state index is -5.05. The van der Waals surface area contributed by atoms with E-state index in [0.29, 0.717) is 11.8 Å². The summed E-state index contributed by atoms with van der Waals surface area (Å²) in [6, 6.07) is 7.60. The third-order valence-corrected chi connectivity index (χ3v) is 6.01. The smallest absolute Gasteiger partial charge is 0.374 e. The Morgan fingerprint density at radius 3 is 2.38 bits per heavy atom. The Hall–Kier alpha value is -2.39. The van der Waals surface area contributed by atoms with Crippen LogP contribution in [-0.2, 0) is 30.5 Å². The van der Waals surface area contributed by atoms with Crippen LogP contribution in [0.2, 0.25) is 0 Å². The number of amides is 1. The van der Waals surface area contributed by atoms with Crippen LogP contribution in [0.1, 0.15) is 43.6 Å². The number of piperidine rings is 1. The number of imidazole rings is 1. The monoisotopic (exact) mass is 452 g/mol. The van der Waals surface area contributed by atoms with Gasteiger partial charge in [-0.1, -0.05) is 38.1 Å². The average Bonchev–Trinajstić information content (AvgIpc) is 3.12. The standard InChI is InChI=1S/C23H31F3N4O2/c1-16-10-17(2)14-30(13-16)15-19-7-5-4-6-18(19)12-28-20(31)11-22(32,23(24,25)26)21-27-8-9-29(21)3/h4-9,16-17,32H,10-15H2,1-3H3,(H,28,31). The number of halogens is 3. The molecule has 3 atom stereocenters. The molecule has 6 nitrogen and oxygen atoms in total. The van der Waals surface area contributed by atoms with Gasteiger partial charge in [-0.3, -0.25) is 9.69 Å². The lowest BCUT2D eigenvalue weighted by atomic mass is 9.91. The molecular formula is C23H31F3N4O2. The number of alkyl halides is 3. The molecule has 0 aliphatic carbocycles. The lowest BCUT2D eigenvalue weighted by Gasteiger charge is -2.35. The summed E-state index contributed by atoms with van der Waals surface area (Å²) in [5, 5.41) is 13.0. The maximum Gasteiger partial charge on any atom is 0.425 e. The minimum absolute atomic E-state index is 0.0858. The Morgan fingerprint density at radius 1 is 1.19 bits per heavy atom. The summed E-state index contributed by atoms with van der Waals surface area (Å²) in [7, 11) is 1.34. The number of carbonyl (C=O) groups is 1. The van der Waals surface area contributed by atoms with Gasteiger partial charge < -0.3 is 15.0 Å². The topological polar surface area (TPSA) is 70.4 Å². The van der Waals surface area contributed by atoms with E-state index in [9.17, 15) is 23.1 Å². The normalized spacial score (nSPS) is 21.8. The molecule has 176 valence electrons. The quantitative estimate of drug-likeness (QED) is 0.676. The molecule has 2 heterocycles. The molecule has 1 aliphatic heterocycles. The van der Waals surface area contributed by atoms with Crippen molar-refractivity contribution in [3.05, 3.63) is 53.6 Å². The first-order valence-electron chi connectivity index (χ1n) is 10.8. The second-order valence-corrected chi connectivity index (χ2v) is 9.08. The Kier molecular flexibility index (Phi) is 7.29. The third-order valence-electron chi connectivity index (χ3n) is 6.01. The Bertz CT molecular complexity index is 920. The molecule has 32 heavy (non-hydrogen) atoms. The summed E-state index contributed by atoms with van der Waals surface area (Å²) in [6.07, 6.45) is -2.56. The van der Waals surface area contributed by atoms with E-state index in [-0.39, 0.29) is 6.54 Å². The summed E-state index contributed by atoms with van der Waals surface area (Å²) in [5.41, 5.74) is -1.49. The van der Waals surface area contributed by atoms with Gasteiger partial charge in [-0.25, -0.2) is 4.98 Å². The maximum absolute atomic E-state index is 13.7. The number of aryl methyl sites for hydroxylation is 1. The van der Waals surface area contributed by atoms with Crippen LogP contribution in [0.5, 0.6) is 0 Å². The molecule has 2 N–H and O–H groups in total. The summed E-state index contributed by atoms with van der Waals surface area (Å²) in [4.78, 5) is 18.5. The van der Waals surface area contributed by atoms with Crippen molar-refractivity contribution in [3.8, 4) is 0 Å². The van der Waals surface area contributed by atoms with Crippen molar-refractivity contribution in [2.75, 3.05) is 13.1 Å². The zero-order chi connectivity index (χ0) is 23.5. The molecule has 1 saturated heterocycles. The predicted octanol–water partition coefficient (Wildman–Crippen LogP) is 3.35. The van der Waals surface area contributed by atoms with Gasteiger partial charge in [0.2, 0.25) is 11.5 Å². The highest BCUT2D eigenvalue weighted by Gasteiger charge is 2.58. The highest BCUT2D eigenvalue weighted by molar-refractivity contribution is 5.77. The van der Waals surface area contributed by atoms with Gasteiger partial charge >= 0.3 is 6.18 Å². The molecule has 2 aromatic rings. The SMILES string of the molecule is CC1CC(C)CN(Cc2ccccc2CNC(=O)CC(O)(c2nccn2C)C(F)(F)F)C1. The number of aliphatic hydroxyl groups is 1. The van der Waals surface area contributed by atoms with E-state index in [1.807, 2.05) is 24.3 Å². The number of carbonyl (C=O) groups excluding carboxylic acids is 1. The van der Waals surface area contributed by atoms with E-state index in [1.54, 1.807) is 0 Å². The molecule has 1 fully saturated rings. The zero-order valence-corrected chi connectivity index (χ0v) is 18.7. The van der Waals surface area contributed by atoms with Crippen LogP contribution in [0.3, 0.4) is 0 Å². The molecule has 1 aromatic carbocycles. The first kappa shape index (κ1) is 24.3. The second kappa shape index (κ2) is 9.62. The fourth-order valence-corrected chi connectivity index (χ4v) is 4.61. The lowest BCUT2D eigenvalue weighted by Crippen LogP contribution is -2.47. The van der Waals surface area contributed by atoms with E-state index in [1.165, 1.54) is 19.7 Å². The number of rotatable bonds is 7. The van der Waals surface area contributed by atoms with E-state index in [4.69, 9.17) is 0 Å². The Labute approximate surface area is 186 Å². The van der Waals surface area contributed by atoms with Crippen molar-refractivity contribution in [1.82, 2.24) is 19.8 Å². The summed E-state index contributed by atoms with van der Waals surface area (Å²) >= 11 is 0. The van der Waals surface area contributed by atoms with Gasteiger partial charge in [-0.2, -0.15) is 13.2 Å². The summed E-state index contributed by atoms with van der Waals surface area (Å²) in [6.45, 7) is 7.26. The number of benzene rings is 1. The highest BCUT2D eigenvalue weighted by atomic mass is 19.4. The van der Waals surface area contributed by atoms with Gasteiger partial charge in [0.05, 0.1) is 6.42 Å². The Balaban J connectivity index is 1.68. The van der Waals surface area contributed by atoms with E-state index in [2.05, 4.69) is 29.0 Å². The third kappa shape index (κ3) is 5.50. The van der Waals surface area contributed by atoms with Gasteiger partial charge in [0.1, 0.15) is 0 Å². The maximum atomic E-state index is 13.7. The van der Waals surface area contributed by atoms with E-state index >= 15 is 0 Å². The van der Waals surface area contributed by atoms with E-state index in [0.717, 1.165) is 41.5 Å². The second-order valence-electron chi connectivity index (χ2n) is 9.08. The number of hydrogen-bond donors (Lipinski definition) is 2. The predicted molar refractivity (Wildman–Crippen MR) is 114 cm³/mol. The zero-order valence-electron chi connectivity index (χ0n) is 18.7. The number of nitrogens with zero attached hydrogens (tertiary/aromatic N) is 3. The first-order chi connectivity index (χ1) is 15.0. The average molecular weight is 453 g/mol. The van der Waals surface area contributed by atoms with Gasteiger partial charge in [0.25, 0.3) is 0 Å². The largest absolute Gasteiger partial charge is 0.425 e. The van der Waals surface area contributed by atoms with Gasteiger partial charge in [-0.15, -0.1) is 0 Å². The molecule has 1 aliphatic rings. The fraction of sp³-hybridized carbons (Fsp3) is 0.565. The molecule has 1 aromatic heterocycles. The molecule has 0 bridgehead atoms. The molecule has 3 rings (SSSR count). The van der Waals surface area contributed by atoms with Crippen LogP contribution in [0.25, 0.3) is 0 Å². The van der Waals surface area contributed by atoms with Crippen LogP contribution in [0.15, 0.2) is 36.7 Å². The van der Waals surface area contributed by atoms with Crippen LogP contribution < -0.4 is 5.32 Å². The van der Waals surface area contributed by atoms with Crippen LogP contribution in [0, 0.1) is 11.8 Å². The molecule has 3 unspecified atom stereocenters. The van der Waals surface area contributed by atoms with Crippen molar-refractivity contribution in [1.29, 1.82) is 0 Å². The number of hydrogen-bond acceptors (Lipinski definition) is 4. The van der Waals surface area contributed by atoms with Crippen molar-refractivity contribution >= 4 is 5.91 Å².